The molecule has 0 fully saturated rings. The molecule has 1 rings (SSSR count). The number of aryl methyl sites for hydroxylation is 1. The summed E-state index contributed by atoms with van der Waals surface area (Å²) in [6.45, 7) is 3.83. The average Bonchev–Trinajstić information content (AvgIpc) is 3.06. The predicted molar refractivity (Wildman–Crippen MR) is 111 cm³/mol. The number of unbranched alkanes of at least 4 members (excludes halogenated alkanes) is 12. The Bertz CT molecular complexity index is 445. The van der Waals surface area contributed by atoms with E-state index in [-0.39, 0.29) is 17.0 Å². The van der Waals surface area contributed by atoms with Crippen LogP contribution in [0.1, 0.15) is 96.8 Å². The quantitative estimate of drug-likeness (QED) is 0.193. The van der Waals surface area contributed by atoms with E-state index in [1.54, 1.807) is 0 Å². The molecule has 0 aliphatic carbocycles. The number of aromatic nitrogens is 2. The van der Waals surface area contributed by atoms with Crippen molar-refractivity contribution in [2.24, 2.45) is 7.05 Å². The van der Waals surface area contributed by atoms with Gasteiger partial charge < -0.3 is 21.7 Å². The van der Waals surface area contributed by atoms with E-state index >= 15 is 0 Å². The highest BCUT2D eigenvalue weighted by molar-refractivity contribution is 4.81. The van der Waals surface area contributed by atoms with Gasteiger partial charge in [-0.1, -0.05) is 76.9 Å². The summed E-state index contributed by atoms with van der Waals surface area (Å²) in [4.78, 5) is 0. The lowest BCUT2D eigenvalue weighted by Gasteiger charge is -2.02. The predicted octanol–water partition coefficient (Wildman–Crippen LogP) is 3.33. The first-order valence-electron chi connectivity index (χ1n) is 11.1. The highest BCUT2D eigenvalue weighted by Crippen LogP contribution is 2.09. The first-order chi connectivity index (χ1) is 12.8. The van der Waals surface area contributed by atoms with Gasteiger partial charge in [0, 0.05) is 0 Å². The van der Waals surface area contributed by atoms with Crippen LogP contribution in [0.25, 0.3) is 0 Å². The molecule has 1 heterocycles. The first-order valence-corrected chi connectivity index (χ1v) is 11.1. The minimum atomic E-state index is 0. The summed E-state index contributed by atoms with van der Waals surface area (Å²) < 4.78 is 9.80. The Kier molecular flexibility index (Phi) is 19.7. The molecular weight excluding hydrogens is 400 g/mol. The monoisotopic (exact) mass is 442 g/mol. The molecule has 0 aromatic carbocycles. The van der Waals surface area contributed by atoms with Gasteiger partial charge in [-0.3, -0.25) is 0 Å². The van der Waals surface area contributed by atoms with Crippen molar-refractivity contribution in [3.63, 3.8) is 0 Å². The summed E-state index contributed by atoms with van der Waals surface area (Å²) in [7, 11) is 2.03. The fraction of sp³-hybridized carbons (Fsp3) is 0.783. The van der Waals surface area contributed by atoms with Gasteiger partial charge in [0.1, 0.15) is 12.4 Å². The molecule has 1 aromatic rings. The molecule has 0 radical (unpaired) electrons. The SMILES string of the molecule is CCCCCCCC/C=C\CCCCCCCCOC[n+]1ccn(C)c1.[Br-]. The normalized spacial score (nSPS) is 11.2. The van der Waals surface area contributed by atoms with Crippen molar-refractivity contribution < 1.29 is 26.3 Å². The third-order valence-electron chi connectivity index (χ3n) is 4.86. The molecule has 1 aromatic heterocycles. The van der Waals surface area contributed by atoms with E-state index in [0.29, 0.717) is 6.73 Å². The second-order valence-electron chi connectivity index (χ2n) is 7.57. The number of hydrogen-bond acceptors (Lipinski definition) is 1. The van der Waals surface area contributed by atoms with Crippen LogP contribution in [0.15, 0.2) is 30.9 Å². The summed E-state index contributed by atoms with van der Waals surface area (Å²) in [5.41, 5.74) is 0. The third kappa shape index (κ3) is 17.2. The number of rotatable bonds is 18. The first kappa shape index (κ1) is 26.4. The van der Waals surface area contributed by atoms with Crippen LogP contribution in [0.4, 0.5) is 0 Å². The molecule has 0 saturated heterocycles. The molecular formula is C23H43BrN2O. The molecule has 0 aliphatic heterocycles. The average molecular weight is 444 g/mol. The second-order valence-corrected chi connectivity index (χ2v) is 7.57. The number of imidazole rings is 1. The zero-order chi connectivity index (χ0) is 18.7. The van der Waals surface area contributed by atoms with Crippen molar-refractivity contribution in [2.45, 2.75) is 104 Å². The molecule has 0 unspecified atom stereocenters. The van der Waals surface area contributed by atoms with Crippen LogP contribution in [0.5, 0.6) is 0 Å². The molecule has 4 heteroatoms. The maximum atomic E-state index is 5.69. The minimum Gasteiger partial charge on any atom is -1.00 e. The van der Waals surface area contributed by atoms with E-state index in [0.717, 1.165) is 6.61 Å². The Hall–Kier alpha value is -0.610. The van der Waals surface area contributed by atoms with Crippen LogP contribution >= 0.6 is 0 Å². The van der Waals surface area contributed by atoms with Crippen molar-refractivity contribution in [3.05, 3.63) is 30.9 Å². The Morgan fingerprint density at radius 1 is 0.815 bits per heavy atom. The zero-order valence-corrected chi connectivity index (χ0v) is 19.5. The van der Waals surface area contributed by atoms with E-state index < -0.39 is 0 Å². The smallest absolute Gasteiger partial charge is 0.245 e. The van der Waals surface area contributed by atoms with Crippen molar-refractivity contribution in [1.29, 1.82) is 0 Å². The molecule has 0 bridgehead atoms. The lowest BCUT2D eigenvalue weighted by atomic mass is 10.1. The maximum absolute atomic E-state index is 5.69. The summed E-state index contributed by atoms with van der Waals surface area (Å²) in [5.74, 6) is 0. The van der Waals surface area contributed by atoms with Gasteiger partial charge in [0.25, 0.3) is 0 Å². The Labute approximate surface area is 179 Å². The fourth-order valence-corrected chi connectivity index (χ4v) is 3.20. The number of halogens is 1. The van der Waals surface area contributed by atoms with Gasteiger partial charge >= 0.3 is 0 Å². The molecule has 3 nitrogen and oxygen atoms in total. The summed E-state index contributed by atoms with van der Waals surface area (Å²) in [6.07, 6.45) is 29.8. The minimum absolute atomic E-state index is 0. The van der Waals surface area contributed by atoms with Gasteiger partial charge in [-0.15, -0.1) is 0 Å². The molecule has 0 atom stereocenters. The molecule has 0 saturated carbocycles. The number of hydrogen-bond donors (Lipinski definition) is 0. The Morgan fingerprint density at radius 3 is 1.93 bits per heavy atom. The standard InChI is InChI=1S/C23H43N2O.BrH/c1-3-4-5-6-7-8-9-10-11-12-13-14-15-16-17-18-21-26-23-25-20-19-24(2)22-25;/h10-11,19-20,22H,3-9,12-18,21,23H2,1-2H3;1H/q+1;/p-1/b11-10-;. The highest BCUT2D eigenvalue weighted by atomic mass is 79.9. The molecule has 158 valence electrons. The largest absolute Gasteiger partial charge is 1.00 e. The topological polar surface area (TPSA) is 18.0 Å². The van der Waals surface area contributed by atoms with Crippen molar-refractivity contribution in [1.82, 2.24) is 4.57 Å². The highest BCUT2D eigenvalue weighted by Gasteiger charge is 1.99. The lowest BCUT2D eigenvalue weighted by molar-refractivity contribution is -0.732. The fourth-order valence-electron chi connectivity index (χ4n) is 3.20. The van der Waals surface area contributed by atoms with Crippen LogP contribution in [0.2, 0.25) is 0 Å². The summed E-state index contributed by atoms with van der Waals surface area (Å²) in [6, 6.07) is 0. The van der Waals surface area contributed by atoms with E-state index in [9.17, 15) is 0 Å². The van der Waals surface area contributed by atoms with Crippen LogP contribution < -0.4 is 21.5 Å². The van der Waals surface area contributed by atoms with Crippen LogP contribution in [0, 0.1) is 0 Å². The number of allylic oxidation sites excluding steroid dienone is 2. The molecule has 27 heavy (non-hydrogen) atoms. The van der Waals surface area contributed by atoms with Crippen LogP contribution in [0.3, 0.4) is 0 Å². The van der Waals surface area contributed by atoms with Gasteiger partial charge in [0.05, 0.1) is 13.7 Å². The molecule has 0 N–H and O–H groups in total. The second kappa shape index (κ2) is 20.1. The van der Waals surface area contributed by atoms with Gasteiger partial charge in [-0.05, 0) is 32.1 Å². The van der Waals surface area contributed by atoms with Crippen molar-refractivity contribution in [2.75, 3.05) is 6.61 Å². The van der Waals surface area contributed by atoms with Gasteiger partial charge in [-0.2, -0.15) is 0 Å². The van der Waals surface area contributed by atoms with Gasteiger partial charge in [-0.25, -0.2) is 9.13 Å². The summed E-state index contributed by atoms with van der Waals surface area (Å²) in [5, 5.41) is 0. The van der Waals surface area contributed by atoms with Crippen LogP contribution in [-0.2, 0) is 18.5 Å². The van der Waals surface area contributed by atoms with Gasteiger partial charge in [0.2, 0.25) is 6.33 Å². The number of ether oxygens (including phenoxy) is 1. The van der Waals surface area contributed by atoms with Gasteiger partial charge in [0.15, 0.2) is 6.73 Å². The van der Waals surface area contributed by atoms with E-state index in [4.69, 9.17) is 4.74 Å². The van der Waals surface area contributed by atoms with E-state index in [2.05, 4.69) is 23.6 Å². The number of nitrogens with zero attached hydrogens (tertiary/aromatic N) is 2. The summed E-state index contributed by atoms with van der Waals surface area (Å²) >= 11 is 0. The zero-order valence-electron chi connectivity index (χ0n) is 17.9. The van der Waals surface area contributed by atoms with Crippen LogP contribution in [-0.4, -0.2) is 11.2 Å². The Balaban J connectivity index is 0.00000676. The maximum Gasteiger partial charge on any atom is 0.245 e. The van der Waals surface area contributed by atoms with E-state index in [1.165, 1.54) is 89.9 Å². The third-order valence-corrected chi connectivity index (χ3v) is 4.86. The lowest BCUT2D eigenvalue weighted by Crippen LogP contribution is -3.00. The van der Waals surface area contributed by atoms with E-state index in [1.807, 2.05) is 30.3 Å². The Morgan fingerprint density at radius 2 is 1.37 bits per heavy atom. The molecule has 0 amide bonds. The van der Waals surface area contributed by atoms with Crippen molar-refractivity contribution >= 4 is 0 Å². The molecule has 0 aliphatic rings. The van der Waals surface area contributed by atoms with Crippen molar-refractivity contribution in [3.8, 4) is 0 Å². The molecule has 0 spiro atoms.